The maximum absolute atomic E-state index is 6.00. The molecular formula is C12H27NO2SSi. The molecule has 1 saturated heterocycles. The van der Waals surface area contributed by atoms with Crippen LogP contribution < -0.4 is 0 Å². The summed E-state index contributed by atoms with van der Waals surface area (Å²) in [7, 11) is -1.85. The van der Waals surface area contributed by atoms with Crippen molar-refractivity contribution in [2.75, 3.05) is 44.4 Å². The Bertz CT molecular complexity index is 195. The molecule has 1 rings (SSSR count). The fourth-order valence-corrected chi connectivity index (χ4v) is 5.23. The van der Waals surface area contributed by atoms with E-state index in [1.165, 1.54) is 13.0 Å². The summed E-state index contributed by atoms with van der Waals surface area (Å²) in [5.74, 6) is 2.25. The first-order valence-electron chi connectivity index (χ1n) is 6.78. The average molecular weight is 278 g/mol. The number of hydrogen-bond donors (Lipinski definition) is 0. The maximum Gasteiger partial charge on any atom is 0.335 e. The minimum absolute atomic E-state index is 0.874. The summed E-state index contributed by atoms with van der Waals surface area (Å²) in [6, 6.07) is 1.13. The van der Waals surface area contributed by atoms with Crippen molar-refractivity contribution in [2.24, 2.45) is 0 Å². The molecule has 0 radical (unpaired) electrons. The molecule has 17 heavy (non-hydrogen) atoms. The molecule has 0 aromatic rings. The van der Waals surface area contributed by atoms with Gasteiger partial charge in [0.1, 0.15) is 0 Å². The summed E-state index contributed by atoms with van der Waals surface area (Å²) >= 11 is 1.93. The normalized spacial score (nSPS) is 21.2. The Hall–Kier alpha value is 0.447. The molecule has 0 aliphatic carbocycles. The minimum Gasteiger partial charge on any atom is -0.393 e. The van der Waals surface area contributed by atoms with Gasteiger partial charge in [-0.25, -0.2) is 0 Å². The molecule has 0 amide bonds. The van der Waals surface area contributed by atoms with Crippen molar-refractivity contribution in [3.05, 3.63) is 0 Å². The molecule has 5 heteroatoms. The first-order chi connectivity index (χ1) is 8.20. The lowest BCUT2D eigenvalue weighted by Crippen LogP contribution is -2.41. The zero-order valence-electron chi connectivity index (χ0n) is 11.5. The van der Waals surface area contributed by atoms with Gasteiger partial charge in [-0.2, -0.15) is 11.8 Å². The van der Waals surface area contributed by atoms with E-state index in [2.05, 4.69) is 25.3 Å². The van der Waals surface area contributed by atoms with Crippen molar-refractivity contribution in [2.45, 2.75) is 32.9 Å². The number of rotatable bonds is 6. The molecular weight excluding hydrogens is 250 g/mol. The molecule has 1 aliphatic heterocycles. The first-order valence-corrected chi connectivity index (χ1v) is 10.5. The SMILES string of the molecule is CCN(CC)CCC[Si]1(C)OCCSCCO1. The van der Waals surface area contributed by atoms with Crippen LogP contribution in [0.5, 0.6) is 0 Å². The molecule has 0 unspecified atom stereocenters. The molecule has 0 bridgehead atoms. The molecule has 102 valence electrons. The van der Waals surface area contributed by atoms with Crippen molar-refractivity contribution in [3.8, 4) is 0 Å². The highest BCUT2D eigenvalue weighted by Gasteiger charge is 2.31. The molecule has 3 nitrogen and oxygen atoms in total. The average Bonchev–Trinajstić information content (AvgIpc) is 2.30. The Balaban J connectivity index is 2.26. The Labute approximate surface area is 111 Å². The van der Waals surface area contributed by atoms with Crippen LogP contribution in [0.15, 0.2) is 0 Å². The lowest BCUT2D eigenvalue weighted by Gasteiger charge is -2.29. The van der Waals surface area contributed by atoms with Gasteiger partial charge in [-0.05, 0) is 38.6 Å². The van der Waals surface area contributed by atoms with Crippen LogP contribution in [0.3, 0.4) is 0 Å². The van der Waals surface area contributed by atoms with Crippen LogP contribution >= 0.6 is 11.8 Å². The number of hydrogen-bond acceptors (Lipinski definition) is 4. The second kappa shape index (κ2) is 8.53. The fourth-order valence-electron chi connectivity index (χ4n) is 2.08. The third-order valence-electron chi connectivity index (χ3n) is 3.27. The van der Waals surface area contributed by atoms with Crippen molar-refractivity contribution in [3.63, 3.8) is 0 Å². The summed E-state index contributed by atoms with van der Waals surface area (Å²) in [4.78, 5) is 2.47. The van der Waals surface area contributed by atoms with E-state index < -0.39 is 8.56 Å². The van der Waals surface area contributed by atoms with Gasteiger partial charge in [-0.1, -0.05) is 13.8 Å². The Morgan fingerprint density at radius 3 is 2.24 bits per heavy atom. The predicted octanol–water partition coefficient (Wildman–Crippen LogP) is 2.57. The molecule has 0 aromatic carbocycles. The number of nitrogens with zero attached hydrogens (tertiary/aromatic N) is 1. The van der Waals surface area contributed by atoms with Crippen molar-refractivity contribution in [1.82, 2.24) is 4.90 Å². The van der Waals surface area contributed by atoms with E-state index in [9.17, 15) is 0 Å². The minimum atomic E-state index is -1.85. The van der Waals surface area contributed by atoms with Gasteiger partial charge in [0, 0.05) is 24.7 Å². The van der Waals surface area contributed by atoms with E-state index in [1.807, 2.05) is 11.8 Å². The van der Waals surface area contributed by atoms with Gasteiger partial charge in [0.15, 0.2) is 0 Å². The molecule has 0 aromatic heterocycles. The maximum atomic E-state index is 6.00. The summed E-state index contributed by atoms with van der Waals surface area (Å²) in [5, 5.41) is 0. The highest BCUT2D eigenvalue weighted by atomic mass is 32.2. The van der Waals surface area contributed by atoms with Crippen LogP contribution in [-0.2, 0) is 8.85 Å². The van der Waals surface area contributed by atoms with E-state index in [0.29, 0.717) is 0 Å². The van der Waals surface area contributed by atoms with Gasteiger partial charge < -0.3 is 13.8 Å². The quantitative estimate of drug-likeness (QED) is 0.696. The lowest BCUT2D eigenvalue weighted by atomic mass is 10.4. The Kier molecular flexibility index (Phi) is 7.78. The van der Waals surface area contributed by atoms with E-state index in [1.54, 1.807) is 0 Å². The van der Waals surface area contributed by atoms with Crippen LogP contribution in [0.4, 0.5) is 0 Å². The van der Waals surface area contributed by atoms with Crippen LogP contribution in [0, 0.1) is 0 Å². The Morgan fingerprint density at radius 1 is 1.12 bits per heavy atom. The molecule has 0 N–H and O–H groups in total. The highest BCUT2D eigenvalue weighted by Crippen LogP contribution is 2.19. The van der Waals surface area contributed by atoms with E-state index >= 15 is 0 Å². The van der Waals surface area contributed by atoms with Crippen LogP contribution in [0.1, 0.15) is 20.3 Å². The van der Waals surface area contributed by atoms with Crippen LogP contribution in [0.2, 0.25) is 12.6 Å². The second-order valence-electron chi connectivity index (χ2n) is 4.57. The van der Waals surface area contributed by atoms with Gasteiger partial charge in [-0.3, -0.25) is 0 Å². The molecule has 0 atom stereocenters. The smallest absolute Gasteiger partial charge is 0.335 e. The molecule has 1 aliphatic rings. The fraction of sp³-hybridized carbons (Fsp3) is 1.00. The third kappa shape index (κ3) is 6.24. The summed E-state index contributed by atoms with van der Waals surface area (Å²) < 4.78 is 12.0. The van der Waals surface area contributed by atoms with Crippen molar-refractivity contribution in [1.29, 1.82) is 0 Å². The zero-order chi connectivity index (χ0) is 12.6. The topological polar surface area (TPSA) is 21.7 Å². The molecule has 1 heterocycles. The highest BCUT2D eigenvalue weighted by molar-refractivity contribution is 7.99. The molecule has 0 spiro atoms. The number of thioether (sulfide) groups is 1. The van der Waals surface area contributed by atoms with E-state index in [0.717, 1.165) is 43.9 Å². The van der Waals surface area contributed by atoms with Gasteiger partial charge in [0.2, 0.25) is 0 Å². The lowest BCUT2D eigenvalue weighted by molar-refractivity contribution is 0.185. The molecule has 0 saturated carbocycles. The zero-order valence-corrected chi connectivity index (χ0v) is 13.4. The molecule has 1 fully saturated rings. The summed E-state index contributed by atoms with van der Waals surface area (Å²) in [6.07, 6.45) is 1.21. The van der Waals surface area contributed by atoms with Crippen LogP contribution in [0.25, 0.3) is 0 Å². The van der Waals surface area contributed by atoms with Gasteiger partial charge >= 0.3 is 8.56 Å². The van der Waals surface area contributed by atoms with Gasteiger partial charge in [0.25, 0.3) is 0 Å². The summed E-state index contributed by atoms with van der Waals surface area (Å²) in [5.41, 5.74) is 0. The van der Waals surface area contributed by atoms with Gasteiger partial charge in [-0.15, -0.1) is 0 Å². The first kappa shape index (κ1) is 15.5. The van der Waals surface area contributed by atoms with E-state index in [4.69, 9.17) is 8.85 Å². The van der Waals surface area contributed by atoms with E-state index in [-0.39, 0.29) is 0 Å². The van der Waals surface area contributed by atoms with Gasteiger partial charge in [0.05, 0.1) is 0 Å². The second-order valence-corrected chi connectivity index (χ2v) is 9.14. The standard InChI is InChI=1S/C12H27NO2SSi/c1-4-13(5-2)7-6-12-17(3)14-8-10-16-11-9-15-17/h4-12H2,1-3H3. The van der Waals surface area contributed by atoms with Crippen molar-refractivity contribution < 1.29 is 8.85 Å². The third-order valence-corrected chi connectivity index (χ3v) is 7.07. The Morgan fingerprint density at radius 2 is 1.71 bits per heavy atom. The van der Waals surface area contributed by atoms with Crippen LogP contribution in [-0.4, -0.2) is 57.8 Å². The predicted molar refractivity (Wildman–Crippen MR) is 78.1 cm³/mol. The largest absolute Gasteiger partial charge is 0.393 e. The summed E-state index contributed by atoms with van der Waals surface area (Å²) in [6.45, 7) is 11.9. The monoisotopic (exact) mass is 277 g/mol. The van der Waals surface area contributed by atoms with Crippen molar-refractivity contribution >= 4 is 20.3 Å².